The van der Waals surface area contributed by atoms with E-state index in [1.54, 1.807) is 34.6 Å². The Morgan fingerprint density at radius 1 is 1.11 bits per heavy atom. The minimum Gasteiger partial charge on any atom is -0.467 e. The van der Waals surface area contributed by atoms with Crippen molar-refractivity contribution in [3.8, 4) is 0 Å². The molecule has 5 nitrogen and oxygen atoms in total. The average molecular weight is 546 g/mol. The molecule has 0 bridgehead atoms. The largest absolute Gasteiger partial charge is 0.467 e. The van der Waals surface area contributed by atoms with Gasteiger partial charge in [-0.3, -0.25) is 9.59 Å². The number of carbonyl (C=O) groups is 2. The molecule has 2 aromatic heterocycles. The van der Waals surface area contributed by atoms with Crippen LogP contribution in [0.15, 0.2) is 52.5 Å². The molecule has 1 aliphatic heterocycles. The number of fused-ring (bicyclic) bond motifs is 1. The van der Waals surface area contributed by atoms with E-state index in [4.69, 9.17) is 27.6 Å². The first-order valence-corrected chi connectivity index (χ1v) is 14.2. The molecule has 1 unspecified atom stereocenters. The normalized spacial score (nSPS) is 17.8. The third kappa shape index (κ3) is 5.66. The van der Waals surface area contributed by atoms with E-state index in [0.29, 0.717) is 34.7 Å². The molecule has 0 radical (unpaired) electrons. The maximum atomic E-state index is 13.8. The molecule has 8 heteroatoms. The summed E-state index contributed by atoms with van der Waals surface area (Å²) in [5, 5.41) is 3.15. The van der Waals surface area contributed by atoms with Crippen LogP contribution in [0.4, 0.5) is 0 Å². The Bertz CT molecular complexity index is 1200. The second-order valence-corrected chi connectivity index (χ2v) is 11.6. The maximum absolute atomic E-state index is 13.8. The van der Waals surface area contributed by atoms with E-state index in [1.807, 2.05) is 23.1 Å². The first-order chi connectivity index (χ1) is 17.5. The fourth-order valence-electron chi connectivity index (χ4n) is 5.51. The Kier molecular flexibility index (Phi) is 8.04. The summed E-state index contributed by atoms with van der Waals surface area (Å²) < 4.78 is 5.53. The lowest BCUT2D eigenvalue weighted by Crippen LogP contribution is -2.46. The molecule has 0 N–H and O–H groups in total. The molecule has 36 heavy (non-hydrogen) atoms. The molecule has 0 saturated heterocycles. The quantitative estimate of drug-likeness (QED) is 0.303. The summed E-state index contributed by atoms with van der Waals surface area (Å²) in [7, 11) is 0. The fraction of sp³-hybridized carbons (Fsp3) is 0.429. The molecule has 1 atom stereocenters. The molecule has 5 rings (SSSR count). The van der Waals surface area contributed by atoms with Crippen molar-refractivity contribution in [2.24, 2.45) is 5.92 Å². The molecule has 1 saturated carbocycles. The third-order valence-corrected chi connectivity index (χ3v) is 8.95. The minimum absolute atomic E-state index is 0.000886. The van der Waals surface area contributed by atoms with Gasteiger partial charge in [0.1, 0.15) is 12.3 Å². The van der Waals surface area contributed by atoms with E-state index in [9.17, 15) is 9.59 Å². The van der Waals surface area contributed by atoms with E-state index < -0.39 is 0 Å². The highest BCUT2D eigenvalue weighted by atomic mass is 35.5. The van der Waals surface area contributed by atoms with Crippen molar-refractivity contribution in [2.75, 3.05) is 13.1 Å². The average Bonchev–Trinajstić information content (AvgIpc) is 3.65. The van der Waals surface area contributed by atoms with Crippen LogP contribution in [0.2, 0.25) is 10.0 Å². The van der Waals surface area contributed by atoms with Gasteiger partial charge >= 0.3 is 0 Å². The predicted molar refractivity (Wildman–Crippen MR) is 143 cm³/mol. The van der Waals surface area contributed by atoms with Gasteiger partial charge in [0.15, 0.2) is 0 Å². The lowest BCUT2D eigenvalue weighted by atomic mass is 9.93. The van der Waals surface area contributed by atoms with E-state index in [1.165, 1.54) is 30.6 Å². The van der Waals surface area contributed by atoms with Crippen molar-refractivity contribution in [2.45, 2.75) is 57.5 Å². The van der Waals surface area contributed by atoms with Crippen molar-refractivity contribution >= 4 is 46.4 Å². The zero-order valence-electron chi connectivity index (χ0n) is 20.1. The number of carbonyl (C=O) groups excluding carboxylic acids is 2. The zero-order chi connectivity index (χ0) is 25.1. The highest BCUT2D eigenvalue weighted by Crippen LogP contribution is 2.41. The van der Waals surface area contributed by atoms with Gasteiger partial charge in [-0.2, -0.15) is 0 Å². The van der Waals surface area contributed by atoms with Crippen molar-refractivity contribution in [1.82, 2.24) is 9.80 Å². The summed E-state index contributed by atoms with van der Waals surface area (Å²) in [6.45, 7) is 0.859. The van der Waals surface area contributed by atoms with Crippen molar-refractivity contribution in [1.29, 1.82) is 0 Å². The molecule has 2 amide bonds. The fourth-order valence-corrected chi connectivity index (χ4v) is 6.92. The van der Waals surface area contributed by atoms with Gasteiger partial charge in [0.2, 0.25) is 11.8 Å². The molecule has 1 aromatic carbocycles. The van der Waals surface area contributed by atoms with E-state index in [2.05, 4.69) is 11.4 Å². The Balaban J connectivity index is 1.37. The van der Waals surface area contributed by atoms with Crippen LogP contribution < -0.4 is 0 Å². The standard InChI is InChI=1S/C28H30Cl2N2O3S/c29-20-8-9-22(24(30)16-20)28-23-12-15-36-25(23)11-13-32(28)27(34)18-31(17-21-6-3-14-35-21)26(33)10-7-19-4-1-2-5-19/h3,6,8-9,12,14-16,19,28H,1-2,4-5,7,10-11,13,17-18H2. The number of rotatable bonds is 8. The molecule has 1 fully saturated rings. The highest BCUT2D eigenvalue weighted by molar-refractivity contribution is 7.10. The molecule has 2 aliphatic rings. The van der Waals surface area contributed by atoms with Gasteiger partial charge in [0.05, 0.1) is 18.8 Å². The third-order valence-electron chi connectivity index (χ3n) is 7.39. The van der Waals surface area contributed by atoms with E-state index >= 15 is 0 Å². The Morgan fingerprint density at radius 3 is 2.69 bits per heavy atom. The summed E-state index contributed by atoms with van der Waals surface area (Å²) >= 11 is 14.5. The minimum atomic E-state index is -0.309. The topological polar surface area (TPSA) is 53.8 Å². The summed E-state index contributed by atoms with van der Waals surface area (Å²) in [5.41, 5.74) is 1.94. The lowest BCUT2D eigenvalue weighted by Gasteiger charge is -2.38. The van der Waals surface area contributed by atoms with Crippen LogP contribution in [-0.2, 0) is 22.6 Å². The van der Waals surface area contributed by atoms with Crippen molar-refractivity contribution in [3.05, 3.63) is 79.9 Å². The Hall–Kier alpha value is -2.28. The molecule has 3 heterocycles. The van der Waals surface area contributed by atoms with Crippen molar-refractivity contribution < 1.29 is 14.0 Å². The van der Waals surface area contributed by atoms with E-state index in [0.717, 1.165) is 24.0 Å². The first kappa shape index (κ1) is 25.4. The van der Waals surface area contributed by atoms with Crippen LogP contribution in [0.3, 0.4) is 0 Å². The molecule has 1 aliphatic carbocycles. The van der Waals surface area contributed by atoms with Crippen LogP contribution in [0.25, 0.3) is 0 Å². The lowest BCUT2D eigenvalue weighted by molar-refractivity contribution is -0.142. The van der Waals surface area contributed by atoms with Gasteiger partial charge in [-0.15, -0.1) is 11.3 Å². The number of furan rings is 1. The summed E-state index contributed by atoms with van der Waals surface area (Å²) in [5.74, 6) is 1.20. The molecular formula is C28H30Cl2N2O3S. The number of thiophene rings is 1. The van der Waals surface area contributed by atoms with Gasteiger partial charge in [0.25, 0.3) is 0 Å². The number of nitrogens with zero attached hydrogens (tertiary/aromatic N) is 2. The van der Waals surface area contributed by atoms with Gasteiger partial charge in [-0.05, 0) is 65.6 Å². The van der Waals surface area contributed by atoms with Crippen LogP contribution >= 0.6 is 34.5 Å². The van der Waals surface area contributed by atoms with Crippen LogP contribution in [0.5, 0.6) is 0 Å². The Morgan fingerprint density at radius 2 is 1.94 bits per heavy atom. The molecule has 0 spiro atoms. The monoisotopic (exact) mass is 544 g/mol. The van der Waals surface area contributed by atoms with Gasteiger partial charge in [0, 0.05) is 27.9 Å². The number of halogens is 2. The van der Waals surface area contributed by atoms with Gasteiger partial charge in [-0.1, -0.05) is 55.0 Å². The molecular weight excluding hydrogens is 515 g/mol. The van der Waals surface area contributed by atoms with Crippen molar-refractivity contribution in [3.63, 3.8) is 0 Å². The zero-order valence-corrected chi connectivity index (χ0v) is 22.5. The van der Waals surface area contributed by atoms with Gasteiger partial charge in [-0.25, -0.2) is 0 Å². The SMILES string of the molecule is O=C(CCC1CCCC1)N(CC(=O)N1CCc2sccc2C1c1ccc(Cl)cc1Cl)Cc1ccco1. The number of hydrogen-bond acceptors (Lipinski definition) is 4. The summed E-state index contributed by atoms with van der Waals surface area (Å²) in [4.78, 5) is 31.9. The second-order valence-electron chi connectivity index (χ2n) is 9.72. The van der Waals surface area contributed by atoms with Gasteiger partial charge < -0.3 is 14.2 Å². The smallest absolute Gasteiger partial charge is 0.243 e. The Labute approximate surface area is 226 Å². The van der Waals surface area contributed by atoms with Crippen LogP contribution in [-0.4, -0.2) is 34.7 Å². The highest BCUT2D eigenvalue weighted by Gasteiger charge is 2.35. The number of hydrogen-bond donors (Lipinski definition) is 0. The maximum Gasteiger partial charge on any atom is 0.243 e. The van der Waals surface area contributed by atoms with Crippen LogP contribution in [0, 0.1) is 5.92 Å². The van der Waals surface area contributed by atoms with E-state index in [-0.39, 0.29) is 30.9 Å². The second kappa shape index (κ2) is 11.4. The summed E-state index contributed by atoms with van der Waals surface area (Å²) in [6.07, 6.45) is 8.62. The number of benzene rings is 1. The number of amides is 2. The molecule has 190 valence electrons. The molecule has 3 aromatic rings. The predicted octanol–water partition coefficient (Wildman–Crippen LogP) is 7.12. The summed E-state index contributed by atoms with van der Waals surface area (Å²) in [6, 6.07) is 10.8. The first-order valence-electron chi connectivity index (χ1n) is 12.6. The van der Waals surface area contributed by atoms with Crippen LogP contribution in [0.1, 0.15) is 66.3 Å².